The fourth-order valence-corrected chi connectivity index (χ4v) is 3.96. The van der Waals surface area contributed by atoms with Crippen molar-refractivity contribution in [3.8, 4) is 0 Å². The quantitative estimate of drug-likeness (QED) is 0.824. The fourth-order valence-electron chi connectivity index (χ4n) is 3.07. The number of benzene rings is 1. The smallest absolute Gasteiger partial charge is 0.237 e. The van der Waals surface area contributed by atoms with Crippen LogP contribution in [0.3, 0.4) is 0 Å². The molecular formula is C19H23N3O2S. The molecule has 2 N–H and O–H groups in total. The van der Waals surface area contributed by atoms with Gasteiger partial charge in [0.15, 0.2) is 0 Å². The molecule has 2 amide bonds. The molecular weight excluding hydrogens is 334 g/mol. The molecule has 1 aliphatic rings. The van der Waals surface area contributed by atoms with Gasteiger partial charge in [-0.15, -0.1) is 11.3 Å². The van der Waals surface area contributed by atoms with Crippen molar-refractivity contribution in [2.75, 3.05) is 19.6 Å². The lowest BCUT2D eigenvalue weighted by atomic mass is 10.1. The van der Waals surface area contributed by atoms with Crippen LogP contribution in [0, 0.1) is 0 Å². The number of thiophene rings is 1. The third-order valence-electron chi connectivity index (χ3n) is 4.44. The van der Waals surface area contributed by atoms with Gasteiger partial charge in [0.1, 0.15) is 0 Å². The lowest BCUT2D eigenvalue weighted by Crippen LogP contribution is -2.42. The molecule has 0 unspecified atom stereocenters. The standard InChI is InChI=1S/C19H23N3O2S/c20-18(23)7-10-22(12-15-4-2-1-3-5-15)19(24)14-21-9-6-17-16(13-21)8-11-25-17/h1-5,8,11H,6-7,9-10,12-14H2,(H2,20,23). The Morgan fingerprint density at radius 3 is 2.76 bits per heavy atom. The molecule has 1 aromatic heterocycles. The van der Waals surface area contributed by atoms with Crippen LogP contribution >= 0.6 is 11.3 Å². The number of primary amides is 1. The van der Waals surface area contributed by atoms with E-state index in [1.807, 2.05) is 30.3 Å². The Bertz CT molecular complexity index is 729. The van der Waals surface area contributed by atoms with E-state index in [1.54, 1.807) is 16.2 Å². The molecule has 132 valence electrons. The van der Waals surface area contributed by atoms with Crippen LogP contribution in [-0.4, -0.2) is 41.2 Å². The monoisotopic (exact) mass is 357 g/mol. The molecule has 6 heteroatoms. The first-order valence-electron chi connectivity index (χ1n) is 8.49. The Hall–Kier alpha value is -2.18. The van der Waals surface area contributed by atoms with E-state index in [-0.39, 0.29) is 18.2 Å². The van der Waals surface area contributed by atoms with Crippen molar-refractivity contribution in [3.05, 3.63) is 57.8 Å². The van der Waals surface area contributed by atoms with E-state index in [4.69, 9.17) is 5.73 Å². The van der Waals surface area contributed by atoms with Gasteiger partial charge in [0, 0.05) is 37.5 Å². The molecule has 25 heavy (non-hydrogen) atoms. The number of hydrogen-bond donors (Lipinski definition) is 1. The highest BCUT2D eigenvalue weighted by Gasteiger charge is 2.22. The minimum absolute atomic E-state index is 0.0452. The first kappa shape index (κ1) is 17.6. The third kappa shape index (κ3) is 4.90. The van der Waals surface area contributed by atoms with Crippen molar-refractivity contribution in [1.82, 2.24) is 9.80 Å². The zero-order valence-electron chi connectivity index (χ0n) is 14.2. The molecule has 0 saturated heterocycles. The first-order chi connectivity index (χ1) is 12.1. The molecule has 0 atom stereocenters. The minimum atomic E-state index is -0.383. The van der Waals surface area contributed by atoms with Crippen molar-refractivity contribution in [2.24, 2.45) is 5.73 Å². The summed E-state index contributed by atoms with van der Waals surface area (Å²) < 4.78 is 0. The van der Waals surface area contributed by atoms with E-state index in [0.29, 0.717) is 19.6 Å². The number of nitrogens with zero attached hydrogens (tertiary/aromatic N) is 2. The van der Waals surface area contributed by atoms with Crippen molar-refractivity contribution < 1.29 is 9.59 Å². The van der Waals surface area contributed by atoms with Gasteiger partial charge >= 0.3 is 0 Å². The summed E-state index contributed by atoms with van der Waals surface area (Å²) in [6.45, 7) is 2.96. The number of carbonyl (C=O) groups is 2. The Morgan fingerprint density at radius 2 is 2.00 bits per heavy atom. The molecule has 2 aromatic rings. The molecule has 3 rings (SSSR count). The van der Waals surface area contributed by atoms with Crippen LogP contribution in [0.1, 0.15) is 22.4 Å². The van der Waals surface area contributed by atoms with Gasteiger partial charge in [0.25, 0.3) is 0 Å². The van der Waals surface area contributed by atoms with Gasteiger partial charge in [-0.2, -0.15) is 0 Å². The molecule has 0 spiro atoms. The van der Waals surface area contributed by atoms with Gasteiger partial charge in [-0.3, -0.25) is 14.5 Å². The molecule has 5 nitrogen and oxygen atoms in total. The maximum atomic E-state index is 12.8. The molecule has 0 radical (unpaired) electrons. The van der Waals surface area contributed by atoms with Crippen LogP contribution in [0.25, 0.3) is 0 Å². The maximum absolute atomic E-state index is 12.8. The van der Waals surface area contributed by atoms with Gasteiger partial charge < -0.3 is 10.6 Å². The lowest BCUT2D eigenvalue weighted by molar-refractivity contribution is -0.133. The summed E-state index contributed by atoms with van der Waals surface area (Å²) in [5.41, 5.74) is 7.66. The van der Waals surface area contributed by atoms with Gasteiger partial charge in [-0.05, 0) is 29.0 Å². The van der Waals surface area contributed by atoms with Crippen LogP contribution in [0.2, 0.25) is 0 Å². The maximum Gasteiger partial charge on any atom is 0.237 e. The number of carbonyl (C=O) groups excluding carboxylic acids is 2. The second-order valence-corrected chi connectivity index (χ2v) is 7.35. The Kier molecular flexibility index (Phi) is 5.83. The summed E-state index contributed by atoms with van der Waals surface area (Å²) in [5, 5.41) is 2.12. The number of nitrogens with two attached hydrogens (primary N) is 1. The normalized spacial score (nSPS) is 14.1. The zero-order valence-corrected chi connectivity index (χ0v) is 15.0. The summed E-state index contributed by atoms with van der Waals surface area (Å²) in [7, 11) is 0. The minimum Gasteiger partial charge on any atom is -0.370 e. The Balaban J connectivity index is 1.63. The molecule has 1 aliphatic heterocycles. The van der Waals surface area contributed by atoms with Crippen molar-refractivity contribution in [2.45, 2.75) is 25.9 Å². The van der Waals surface area contributed by atoms with E-state index < -0.39 is 0 Å². The molecule has 1 aromatic carbocycles. The average Bonchev–Trinajstić information content (AvgIpc) is 3.07. The highest BCUT2D eigenvalue weighted by molar-refractivity contribution is 7.10. The summed E-state index contributed by atoms with van der Waals surface area (Å²) in [4.78, 5) is 29.3. The third-order valence-corrected chi connectivity index (χ3v) is 5.47. The van der Waals surface area contributed by atoms with Gasteiger partial charge in [-0.25, -0.2) is 0 Å². The number of fused-ring (bicyclic) bond motifs is 1. The number of rotatable bonds is 7. The van der Waals surface area contributed by atoms with E-state index >= 15 is 0 Å². The van der Waals surface area contributed by atoms with Crippen molar-refractivity contribution >= 4 is 23.2 Å². The van der Waals surface area contributed by atoms with Gasteiger partial charge in [0.2, 0.25) is 11.8 Å². The number of hydrogen-bond acceptors (Lipinski definition) is 4. The second-order valence-electron chi connectivity index (χ2n) is 6.35. The predicted molar refractivity (Wildman–Crippen MR) is 99.0 cm³/mol. The fraction of sp³-hybridized carbons (Fsp3) is 0.368. The molecule has 0 bridgehead atoms. The predicted octanol–water partition coefficient (Wildman–Crippen LogP) is 2.01. The summed E-state index contributed by atoms with van der Waals surface area (Å²) >= 11 is 1.79. The lowest BCUT2D eigenvalue weighted by Gasteiger charge is -2.29. The summed E-state index contributed by atoms with van der Waals surface area (Å²) in [5.74, 6) is -0.337. The molecule has 0 fully saturated rings. The van der Waals surface area contributed by atoms with Crippen LogP contribution in [0.5, 0.6) is 0 Å². The van der Waals surface area contributed by atoms with E-state index in [0.717, 1.165) is 25.1 Å². The molecule has 0 aliphatic carbocycles. The second kappa shape index (κ2) is 8.27. The highest BCUT2D eigenvalue weighted by atomic mass is 32.1. The molecule has 2 heterocycles. The molecule has 0 saturated carbocycles. The van der Waals surface area contributed by atoms with Crippen molar-refractivity contribution in [1.29, 1.82) is 0 Å². The highest BCUT2D eigenvalue weighted by Crippen LogP contribution is 2.23. The zero-order chi connectivity index (χ0) is 17.6. The van der Waals surface area contributed by atoms with Gasteiger partial charge in [0.05, 0.1) is 6.54 Å². The van der Waals surface area contributed by atoms with Crippen LogP contribution in [-0.2, 0) is 29.1 Å². The first-order valence-corrected chi connectivity index (χ1v) is 9.37. The SMILES string of the molecule is NC(=O)CCN(Cc1ccccc1)C(=O)CN1CCc2sccc2C1. The summed E-state index contributed by atoms with van der Waals surface area (Å²) in [6.07, 6.45) is 1.19. The average molecular weight is 357 g/mol. The van der Waals surface area contributed by atoms with Crippen LogP contribution < -0.4 is 5.73 Å². The number of amides is 2. The van der Waals surface area contributed by atoms with Crippen LogP contribution in [0.15, 0.2) is 41.8 Å². The largest absolute Gasteiger partial charge is 0.370 e. The van der Waals surface area contributed by atoms with Crippen LogP contribution in [0.4, 0.5) is 0 Å². The Labute approximate surface area is 152 Å². The summed E-state index contributed by atoms with van der Waals surface area (Å²) in [6, 6.07) is 12.0. The van der Waals surface area contributed by atoms with E-state index in [1.165, 1.54) is 10.4 Å². The van der Waals surface area contributed by atoms with Gasteiger partial charge in [-0.1, -0.05) is 30.3 Å². The Morgan fingerprint density at radius 1 is 1.20 bits per heavy atom. The van der Waals surface area contributed by atoms with E-state index in [2.05, 4.69) is 16.3 Å². The van der Waals surface area contributed by atoms with Crippen molar-refractivity contribution in [3.63, 3.8) is 0 Å². The van der Waals surface area contributed by atoms with E-state index in [9.17, 15) is 9.59 Å². The topological polar surface area (TPSA) is 66.6 Å².